The smallest absolute Gasteiger partial charge is 0.339 e. The van der Waals surface area contributed by atoms with E-state index in [1.54, 1.807) is 6.92 Å². The highest BCUT2D eigenvalue weighted by molar-refractivity contribution is 5.88. The molecule has 0 amide bonds. The molecule has 0 aromatic carbocycles. The predicted octanol–water partition coefficient (Wildman–Crippen LogP) is 0.625. The molecule has 18 heavy (non-hydrogen) atoms. The lowest BCUT2D eigenvalue weighted by molar-refractivity contribution is 0.0695. The molecule has 0 atom stereocenters. The standard InChI is InChI=1S/C12H18N4O2/c1-3-15-4-6-16(7-5-15)12-13-8-10(11(17)18)9(2)14-12/h8H,3-7H2,1-2H3,(H,17,18). The number of carboxylic acids is 1. The predicted molar refractivity (Wildman–Crippen MR) is 68.1 cm³/mol. The number of likely N-dealkylation sites (N-methyl/N-ethyl adjacent to an activating group) is 1. The third-order valence-corrected chi connectivity index (χ3v) is 3.30. The van der Waals surface area contributed by atoms with Crippen molar-refractivity contribution in [3.05, 3.63) is 17.5 Å². The van der Waals surface area contributed by atoms with Gasteiger partial charge in [0.25, 0.3) is 0 Å². The largest absolute Gasteiger partial charge is 0.478 e. The van der Waals surface area contributed by atoms with Crippen LogP contribution in [0.2, 0.25) is 0 Å². The Hall–Kier alpha value is -1.69. The van der Waals surface area contributed by atoms with Crippen molar-refractivity contribution in [2.45, 2.75) is 13.8 Å². The average Bonchev–Trinajstić information content (AvgIpc) is 2.38. The minimum absolute atomic E-state index is 0.172. The van der Waals surface area contributed by atoms with Crippen LogP contribution in [0, 0.1) is 6.92 Å². The quantitative estimate of drug-likeness (QED) is 0.848. The molecule has 1 N–H and O–H groups in total. The first-order chi connectivity index (χ1) is 8.61. The summed E-state index contributed by atoms with van der Waals surface area (Å²) in [5, 5.41) is 8.93. The number of carboxylic acid groups (broad SMARTS) is 1. The number of nitrogens with zero attached hydrogens (tertiary/aromatic N) is 4. The van der Waals surface area contributed by atoms with E-state index in [2.05, 4.69) is 26.7 Å². The monoisotopic (exact) mass is 250 g/mol. The molecule has 1 aliphatic rings. The maximum atomic E-state index is 10.9. The van der Waals surface area contributed by atoms with Gasteiger partial charge in [0.15, 0.2) is 0 Å². The molecule has 6 nitrogen and oxygen atoms in total. The molecule has 6 heteroatoms. The third kappa shape index (κ3) is 2.59. The topological polar surface area (TPSA) is 69.6 Å². The van der Waals surface area contributed by atoms with Crippen molar-refractivity contribution in [3.8, 4) is 0 Å². The van der Waals surface area contributed by atoms with Crippen LogP contribution in [0.4, 0.5) is 5.95 Å². The molecule has 1 saturated heterocycles. The number of piperazine rings is 1. The molecule has 1 fully saturated rings. The molecule has 1 aromatic rings. The summed E-state index contributed by atoms with van der Waals surface area (Å²) >= 11 is 0. The highest BCUT2D eigenvalue weighted by atomic mass is 16.4. The van der Waals surface area contributed by atoms with Crippen LogP contribution in [0.25, 0.3) is 0 Å². The Bertz CT molecular complexity index is 442. The zero-order chi connectivity index (χ0) is 13.1. The van der Waals surface area contributed by atoms with Crippen LogP contribution in [-0.4, -0.2) is 58.7 Å². The van der Waals surface area contributed by atoms with Crippen molar-refractivity contribution in [1.82, 2.24) is 14.9 Å². The van der Waals surface area contributed by atoms with Crippen molar-refractivity contribution in [2.24, 2.45) is 0 Å². The third-order valence-electron chi connectivity index (χ3n) is 3.30. The summed E-state index contributed by atoms with van der Waals surface area (Å²) in [6, 6.07) is 0. The molecule has 1 aromatic heterocycles. The Morgan fingerprint density at radius 3 is 2.56 bits per heavy atom. The number of hydrogen-bond donors (Lipinski definition) is 1. The van der Waals surface area contributed by atoms with Crippen LogP contribution in [-0.2, 0) is 0 Å². The Balaban J connectivity index is 2.11. The minimum atomic E-state index is -0.977. The lowest BCUT2D eigenvalue weighted by Crippen LogP contribution is -2.46. The first-order valence-electron chi connectivity index (χ1n) is 6.16. The van der Waals surface area contributed by atoms with Gasteiger partial charge in [-0.2, -0.15) is 0 Å². The molecule has 0 saturated carbocycles. The number of carbonyl (C=O) groups is 1. The fourth-order valence-corrected chi connectivity index (χ4v) is 2.08. The first kappa shape index (κ1) is 12.8. The van der Waals surface area contributed by atoms with E-state index in [1.165, 1.54) is 6.20 Å². The number of rotatable bonds is 3. The van der Waals surface area contributed by atoms with E-state index in [0.717, 1.165) is 32.7 Å². The maximum absolute atomic E-state index is 10.9. The van der Waals surface area contributed by atoms with Crippen molar-refractivity contribution >= 4 is 11.9 Å². The SMILES string of the molecule is CCN1CCN(c2ncc(C(=O)O)c(C)n2)CC1. The summed E-state index contributed by atoms with van der Waals surface area (Å²) in [5.41, 5.74) is 0.691. The van der Waals surface area contributed by atoms with E-state index >= 15 is 0 Å². The fourth-order valence-electron chi connectivity index (χ4n) is 2.08. The van der Waals surface area contributed by atoms with Gasteiger partial charge in [-0.3, -0.25) is 0 Å². The molecule has 0 aliphatic carbocycles. The van der Waals surface area contributed by atoms with Crippen molar-refractivity contribution in [3.63, 3.8) is 0 Å². The van der Waals surface area contributed by atoms with Gasteiger partial charge in [-0.25, -0.2) is 14.8 Å². The summed E-state index contributed by atoms with van der Waals surface area (Å²) in [5.74, 6) is -0.344. The Morgan fingerprint density at radius 2 is 2.06 bits per heavy atom. The van der Waals surface area contributed by atoms with E-state index in [-0.39, 0.29) is 5.56 Å². The molecule has 0 radical (unpaired) electrons. The number of aryl methyl sites for hydroxylation is 1. The van der Waals surface area contributed by atoms with Gasteiger partial charge in [0.1, 0.15) is 0 Å². The van der Waals surface area contributed by atoms with Crippen LogP contribution < -0.4 is 4.90 Å². The van der Waals surface area contributed by atoms with Gasteiger partial charge < -0.3 is 14.9 Å². The molecular weight excluding hydrogens is 232 g/mol. The van der Waals surface area contributed by atoms with Crippen molar-refractivity contribution in [1.29, 1.82) is 0 Å². The number of aromatic nitrogens is 2. The number of hydrogen-bond acceptors (Lipinski definition) is 5. The molecular formula is C12H18N4O2. The summed E-state index contributed by atoms with van der Waals surface area (Å²) in [6.07, 6.45) is 1.40. The van der Waals surface area contributed by atoms with Gasteiger partial charge in [0, 0.05) is 32.4 Å². The number of anilines is 1. The van der Waals surface area contributed by atoms with Crippen molar-refractivity contribution < 1.29 is 9.90 Å². The average molecular weight is 250 g/mol. The summed E-state index contributed by atoms with van der Waals surface area (Å²) in [4.78, 5) is 23.8. The van der Waals surface area contributed by atoms with E-state index in [1.807, 2.05) is 0 Å². The van der Waals surface area contributed by atoms with E-state index in [9.17, 15) is 4.79 Å². The second-order valence-electron chi connectivity index (χ2n) is 4.40. The first-order valence-corrected chi connectivity index (χ1v) is 6.16. The summed E-state index contributed by atoms with van der Waals surface area (Å²) in [7, 11) is 0. The molecule has 0 spiro atoms. The van der Waals surface area contributed by atoms with E-state index in [4.69, 9.17) is 5.11 Å². The molecule has 0 bridgehead atoms. The van der Waals surface area contributed by atoms with Crippen LogP contribution in [0.5, 0.6) is 0 Å². The molecule has 0 unspecified atom stereocenters. The van der Waals surface area contributed by atoms with Gasteiger partial charge in [-0.1, -0.05) is 6.92 Å². The fraction of sp³-hybridized carbons (Fsp3) is 0.583. The minimum Gasteiger partial charge on any atom is -0.478 e. The highest BCUT2D eigenvalue weighted by Crippen LogP contribution is 2.13. The second kappa shape index (κ2) is 5.30. The zero-order valence-corrected chi connectivity index (χ0v) is 10.8. The van der Waals surface area contributed by atoms with Gasteiger partial charge >= 0.3 is 5.97 Å². The molecule has 1 aliphatic heterocycles. The molecule has 2 heterocycles. The van der Waals surface area contributed by atoms with Crippen LogP contribution in [0.1, 0.15) is 23.0 Å². The highest BCUT2D eigenvalue weighted by Gasteiger charge is 2.19. The Morgan fingerprint density at radius 1 is 1.39 bits per heavy atom. The van der Waals surface area contributed by atoms with Crippen molar-refractivity contribution in [2.75, 3.05) is 37.6 Å². The summed E-state index contributed by atoms with van der Waals surface area (Å²) in [6.45, 7) is 8.69. The summed E-state index contributed by atoms with van der Waals surface area (Å²) < 4.78 is 0. The second-order valence-corrected chi connectivity index (χ2v) is 4.40. The van der Waals surface area contributed by atoms with Gasteiger partial charge in [-0.15, -0.1) is 0 Å². The Labute approximate surface area is 106 Å². The molecule has 98 valence electrons. The molecule has 2 rings (SSSR count). The van der Waals surface area contributed by atoms with Crippen LogP contribution >= 0.6 is 0 Å². The van der Waals surface area contributed by atoms with E-state index < -0.39 is 5.97 Å². The maximum Gasteiger partial charge on any atom is 0.339 e. The van der Waals surface area contributed by atoms with Gasteiger partial charge in [0.2, 0.25) is 5.95 Å². The van der Waals surface area contributed by atoms with Gasteiger partial charge in [-0.05, 0) is 13.5 Å². The lowest BCUT2D eigenvalue weighted by atomic mass is 10.2. The van der Waals surface area contributed by atoms with Gasteiger partial charge in [0.05, 0.1) is 11.3 Å². The van der Waals surface area contributed by atoms with E-state index in [0.29, 0.717) is 11.6 Å². The lowest BCUT2D eigenvalue weighted by Gasteiger charge is -2.34. The zero-order valence-electron chi connectivity index (χ0n) is 10.8. The van der Waals surface area contributed by atoms with Crippen LogP contribution in [0.3, 0.4) is 0 Å². The normalized spacial score (nSPS) is 16.9. The Kier molecular flexibility index (Phi) is 3.76. The number of aromatic carboxylic acids is 1. The van der Waals surface area contributed by atoms with Crippen LogP contribution in [0.15, 0.2) is 6.20 Å².